The number of methoxy groups -OCH3 is 2. The van der Waals surface area contributed by atoms with Gasteiger partial charge in [0.2, 0.25) is 0 Å². The molecule has 0 atom stereocenters. The molecule has 0 heterocycles. The smallest absolute Gasteiger partial charge is 0.340 e. The summed E-state index contributed by atoms with van der Waals surface area (Å²) in [5.74, 6) is 0.254. The summed E-state index contributed by atoms with van der Waals surface area (Å²) in [4.78, 5) is 15.7. The first-order valence-electron chi connectivity index (χ1n) is 4.88. The number of ether oxygens (including phenoxy) is 2. The summed E-state index contributed by atoms with van der Waals surface area (Å²) in [6.45, 7) is 0. The molecular weight excluding hydrogens is 323 g/mol. The molecule has 18 heavy (non-hydrogen) atoms. The van der Waals surface area contributed by atoms with Crippen molar-refractivity contribution >= 4 is 45.0 Å². The van der Waals surface area contributed by atoms with E-state index in [0.717, 1.165) is 0 Å². The van der Waals surface area contributed by atoms with Gasteiger partial charge in [0.15, 0.2) is 0 Å². The second kappa shape index (κ2) is 6.61. The molecule has 0 saturated carbocycles. The van der Waals surface area contributed by atoms with Gasteiger partial charge in [0.25, 0.3) is 0 Å². The van der Waals surface area contributed by atoms with Crippen molar-refractivity contribution in [3.63, 3.8) is 0 Å². The Bertz CT molecular complexity index is 491. The zero-order valence-corrected chi connectivity index (χ0v) is 12.2. The molecule has 0 radical (unpaired) electrons. The number of rotatable bonds is 4. The van der Waals surface area contributed by atoms with Crippen LogP contribution in [-0.4, -0.2) is 31.9 Å². The number of carbonyl (C=O) groups excluding carboxylic acids is 1. The molecule has 0 aliphatic rings. The quantitative estimate of drug-likeness (QED) is 0.397. The predicted octanol–water partition coefficient (Wildman–Crippen LogP) is 2.47. The SMILES string of the molecule is COC(=O)c1cc(OC)c(Br)cc1N=C(N)CCl. The Morgan fingerprint density at radius 2 is 2.17 bits per heavy atom. The number of aliphatic imine (C=N–C) groups is 1. The zero-order chi connectivity index (χ0) is 13.7. The van der Waals surface area contributed by atoms with Crippen molar-refractivity contribution < 1.29 is 14.3 Å². The molecular formula is C11H12BrClN2O3. The molecule has 1 rings (SSSR count). The van der Waals surface area contributed by atoms with Crippen molar-refractivity contribution in [3.05, 3.63) is 22.2 Å². The molecule has 0 amide bonds. The van der Waals surface area contributed by atoms with Gasteiger partial charge >= 0.3 is 5.97 Å². The molecule has 0 aromatic heterocycles. The molecule has 2 N–H and O–H groups in total. The van der Waals surface area contributed by atoms with Crippen LogP contribution in [0.3, 0.4) is 0 Å². The second-order valence-electron chi connectivity index (χ2n) is 3.23. The van der Waals surface area contributed by atoms with Crippen LogP contribution in [0.1, 0.15) is 10.4 Å². The fourth-order valence-electron chi connectivity index (χ4n) is 1.25. The normalized spacial score (nSPS) is 11.2. The van der Waals surface area contributed by atoms with Gasteiger partial charge in [-0.1, -0.05) is 0 Å². The van der Waals surface area contributed by atoms with E-state index in [0.29, 0.717) is 15.9 Å². The van der Waals surface area contributed by atoms with Crippen LogP contribution in [-0.2, 0) is 4.74 Å². The number of nitrogens with zero attached hydrogens (tertiary/aromatic N) is 1. The van der Waals surface area contributed by atoms with E-state index in [1.54, 1.807) is 6.07 Å². The van der Waals surface area contributed by atoms with Crippen LogP contribution in [0.25, 0.3) is 0 Å². The van der Waals surface area contributed by atoms with E-state index >= 15 is 0 Å². The summed E-state index contributed by atoms with van der Waals surface area (Å²) in [5, 5.41) is 0. The first-order valence-corrected chi connectivity index (χ1v) is 6.21. The molecule has 1 aromatic rings. The lowest BCUT2D eigenvalue weighted by atomic mass is 10.1. The number of esters is 1. The number of hydrogen-bond donors (Lipinski definition) is 1. The van der Waals surface area contributed by atoms with Crippen LogP contribution >= 0.6 is 27.5 Å². The maximum atomic E-state index is 11.6. The highest BCUT2D eigenvalue weighted by atomic mass is 79.9. The highest BCUT2D eigenvalue weighted by Crippen LogP contribution is 2.33. The van der Waals surface area contributed by atoms with Crippen LogP contribution < -0.4 is 10.5 Å². The van der Waals surface area contributed by atoms with Gasteiger partial charge in [-0.15, -0.1) is 11.6 Å². The number of hydrogen-bond acceptors (Lipinski definition) is 4. The van der Waals surface area contributed by atoms with Crippen LogP contribution in [0, 0.1) is 0 Å². The average molecular weight is 336 g/mol. The first-order chi connectivity index (χ1) is 8.53. The fourth-order valence-corrected chi connectivity index (χ4v) is 1.80. The molecule has 1 aromatic carbocycles. The van der Waals surface area contributed by atoms with Crippen LogP contribution in [0.4, 0.5) is 5.69 Å². The molecule has 5 nitrogen and oxygen atoms in total. The summed E-state index contributed by atoms with van der Waals surface area (Å²) in [7, 11) is 2.78. The maximum Gasteiger partial charge on any atom is 0.340 e. The number of amidine groups is 1. The zero-order valence-electron chi connectivity index (χ0n) is 9.87. The van der Waals surface area contributed by atoms with E-state index < -0.39 is 5.97 Å². The van der Waals surface area contributed by atoms with E-state index in [1.165, 1.54) is 20.3 Å². The summed E-state index contributed by atoms with van der Waals surface area (Å²) in [6, 6.07) is 3.14. The van der Waals surface area contributed by atoms with Gasteiger partial charge in [0.05, 0.1) is 35.8 Å². The number of benzene rings is 1. The van der Waals surface area contributed by atoms with Gasteiger partial charge in [0, 0.05) is 0 Å². The summed E-state index contributed by atoms with van der Waals surface area (Å²) in [6.07, 6.45) is 0. The molecule has 0 unspecified atom stereocenters. The summed E-state index contributed by atoms with van der Waals surface area (Å²) < 4.78 is 10.4. The summed E-state index contributed by atoms with van der Waals surface area (Å²) >= 11 is 8.86. The lowest BCUT2D eigenvalue weighted by Gasteiger charge is -2.09. The largest absolute Gasteiger partial charge is 0.496 e. The Balaban J connectivity index is 3.39. The van der Waals surface area contributed by atoms with Crippen molar-refractivity contribution in [2.45, 2.75) is 0 Å². The molecule has 0 aliphatic heterocycles. The Morgan fingerprint density at radius 3 is 2.67 bits per heavy atom. The van der Waals surface area contributed by atoms with Gasteiger partial charge in [-0.25, -0.2) is 9.79 Å². The highest BCUT2D eigenvalue weighted by Gasteiger charge is 2.16. The van der Waals surface area contributed by atoms with Crippen molar-refractivity contribution in [2.75, 3.05) is 20.1 Å². The fraction of sp³-hybridized carbons (Fsp3) is 0.273. The van der Waals surface area contributed by atoms with Crippen molar-refractivity contribution in [1.29, 1.82) is 0 Å². The Labute approximate surface area is 118 Å². The molecule has 0 fully saturated rings. The Hall–Kier alpha value is -1.27. The molecule has 0 bridgehead atoms. The third kappa shape index (κ3) is 3.36. The predicted molar refractivity (Wildman–Crippen MR) is 74.0 cm³/mol. The standard InChI is InChI=1S/C11H12BrClN2O3/c1-17-9-3-6(11(16)18-2)8(4-7(9)12)15-10(14)5-13/h3-4H,5H2,1-2H3,(H2,14,15). The highest BCUT2D eigenvalue weighted by molar-refractivity contribution is 9.10. The van der Waals surface area contributed by atoms with Crippen molar-refractivity contribution in [3.8, 4) is 5.75 Å². The minimum absolute atomic E-state index is 0.0737. The average Bonchev–Trinajstić information content (AvgIpc) is 2.38. The Morgan fingerprint density at radius 1 is 1.50 bits per heavy atom. The van der Waals surface area contributed by atoms with E-state index in [-0.39, 0.29) is 17.3 Å². The van der Waals surface area contributed by atoms with Crippen LogP contribution in [0.15, 0.2) is 21.6 Å². The summed E-state index contributed by atoms with van der Waals surface area (Å²) in [5.41, 5.74) is 6.18. The third-order valence-corrected chi connectivity index (χ3v) is 2.97. The molecule has 0 spiro atoms. The van der Waals surface area contributed by atoms with Gasteiger partial charge in [-0.05, 0) is 28.1 Å². The lowest BCUT2D eigenvalue weighted by molar-refractivity contribution is 0.0601. The Kier molecular flexibility index (Phi) is 5.43. The topological polar surface area (TPSA) is 73.9 Å². The number of carbonyl (C=O) groups is 1. The van der Waals surface area contributed by atoms with Gasteiger partial charge in [-0.2, -0.15) is 0 Å². The maximum absolute atomic E-state index is 11.6. The van der Waals surface area contributed by atoms with E-state index in [1.807, 2.05) is 0 Å². The number of halogens is 2. The first kappa shape index (κ1) is 14.8. The van der Waals surface area contributed by atoms with E-state index in [9.17, 15) is 4.79 Å². The lowest BCUT2D eigenvalue weighted by Crippen LogP contribution is -2.13. The monoisotopic (exact) mass is 334 g/mol. The van der Waals surface area contributed by atoms with E-state index in [4.69, 9.17) is 22.1 Å². The molecule has 0 saturated heterocycles. The molecule has 0 aliphatic carbocycles. The van der Waals surface area contributed by atoms with Gasteiger partial charge in [-0.3, -0.25) is 0 Å². The minimum Gasteiger partial charge on any atom is -0.496 e. The third-order valence-electron chi connectivity index (χ3n) is 2.08. The van der Waals surface area contributed by atoms with Crippen LogP contribution in [0.5, 0.6) is 5.75 Å². The van der Waals surface area contributed by atoms with E-state index in [2.05, 4.69) is 25.7 Å². The number of alkyl halides is 1. The second-order valence-corrected chi connectivity index (χ2v) is 4.35. The van der Waals surface area contributed by atoms with Gasteiger partial charge < -0.3 is 15.2 Å². The van der Waals surface area contributed by atoms with Crippen molar-refractivity contribution in [2.24, 2.45) is 10.7 Å². The number of nitrogens with two attached hydrogens (primary N) is 1. The minimum atomic E-state index is -0.526. The molecule has 7 heteroatoms. The molecule has 98 valence electrons. The van der Waals surface area contributed by atoms with Crippen LogP contribution in [0.2, 0.25) is 0 Å². The van der Waals surface area contributed by atoms with Crippen molar-refractivity contribution in [1.82, 2.24) is 0 Å². The van der Waals surface area contributed by atoms with Gasteiger partial charge in [0.1, 0.15) is 11.6 Å².